The number of terminal acetylenes is 1. The zero-order valence-electron chi connectivity index (χ0n) is 11.7. The zero-order chi connectivity index (χ0) is 13.3. The minimum atomic E-state index is -0.556. The Labute approximate surface area is 106 Å². The van der Waals surface area contributed by atoms with Crippen molar-refractivity contribution in [1.82, 2.24) is 0 Å². The predicted molar refractivity (Wildman–Crippen MR) is 70.4 cm³/mol. The number of ether oxygens (including phenoxy) is 1. The highest BCUT2D eigenvalue weighted by atomic mass is 16.5. The monoisotopic (exact) mass is 240 g/mol. The van der Waals surface area contributed by atoms with Crippen LogP contribution in [0.1, 0.15) is 40.5 Å². The first-order chi connectivity index (χ1) is 8.06. The first kappa shape index (κ1) is 16.0. The van der Waals surface area contributed by atoms with Crippen LogP contribution in [0.3, 0.4) is 0 Å². The van der Waals surface area contributed by atoms with Crippen molar-refractivity contribution in [2.45, 2.75) is 46.6 Å². The van der Waals surface area contributed by atoms with Crippen LogP contribution in [0.25, 0.3) is 0 Å². The summed E-state index contributed by atoms with van der Waals surface area (Å²) >= 11 is 0. The van der Waals surface area contributed by atoms with Gasteiger partial charge in [0.15, 0.2) is 0 Å². The van der Waals surface area contributed by atoms with Gasteiger partial charge in [0.05, 0.1) is 19.1 Å². The highest BCUT2D eigenvalue weighted by Crippen LogP contribution is 2.17. The molecule has 0 spiro atoms. The number of likely N-dealkylation sites (N-methyl/N-ethyl adjacent to an activating group) is 1. The SMILES string of the molecule is C#CC(=O)OCC[N+](CC)(CCC)C(C)CC. The first-order valence-corrected chi connectivity index (χ1v) is 6.55. The fourth-order valence-corrected chi connectivity index (χ4v) is 2.37. The summed E-state index contributed by atoms with van der Waals surface area (Å²) in [4.78, 5) is 10.9. The Morgan fingerprint density at radius 2 is 2.00 bits per heavy atom. The molecule has 0 rings (SSSR count). The van der Waals surface area contributed by atoms with Crippen LogP contribution in [-0.4, -0.2) is 42.7 Å². The maximum atomic E-state index is 10.9. The predicted octanol–water partition coefficient (Wildman–Crippen LogP) is 2.21. The molecule has 0 aromatic rings. The van der Waals surface area contributed by atoms with Crippen LogP contribution >= 0.6 is 0 Å². The van der Waals surface area contributed by atoms with Gasteiger partial charge in [-0.3, -0.25) is 0 Å². The molecular formula is C14H26NO2+. The van der Waals surface area contributed by atoms with E-state index >= 15 is 0 Å². The Morgan fingerprint density at radius 1 is 1.35 bits per heavy atom. The standard InChI is InChI=1S/C14H26NO2/c1-6-10-15(9-4,13(5)7-2)11-12-17-14(16)8-3/h3,13H,6-7,9-12H2,1-2,4-5H3/q+1. The molecular weight excluding hydrogens is 214 g/mol. The third-order valence-electron chi connectivity index (χ3n) is 3.71. The number of quaternary nitrogens is 1. The summed E-state index contributed by atoms with van der Waals surface area (Å²) in [6.07, 6.45) is 7.25. The molecule has 3 heteroatoms. The molecule has 0 radical (unpaired) electrons. The van der Waals surface area contributed by atoms with E-state index in [9.17, 15) is 4.79 Å². The normalized spacial score (nSPS) is 15.7. The van der Waals surface area contributed by atoms with Gasteiger partial charge in [0.2, 0.25) is 0 Å². The average molecular weight is 240 g/mol. The van der Waals surface area contributed by atoms with Gasteiger partial charge in [0.1, 0.15) is 13.2 Å². The van der Waals surface area contributed by atoms with Gasteiger partial charge >= 0.3 is 5.97 Å². The molecule has 0 aromatic heterocycles. The Balaban J connectivity index is 4.47. The summed E-state index contributed by atoms with van der Waals surface area (Å²) in [5.74, 6) is 1.42. The summed E-state index contributed by atoms with van der Waals surface area (Å²) in [6.45, 7) is 12.3. The highest BCUT2D eigenvalue weighted by Gasteiger charge is 2.30. The minimum Gasteiger partial charge on any atom is -0.450 e. The van der Waals surface area contributed by atoms with E-state index in [1.165, 1.54) is 0 Å². The van der Waals surface area contributed by atoms with Gasteiger partial charge in [-0.05, 0) is 26.7 Å². The molecule has 2 atom stereocenters. The second kappa shape index (κ2) is 8.14. The molecule has 0 aliphatic heterocycles. The molecule has 0 bridgehead atoms. The van der Waals surface area contributed by atoms with Crippen LogP contribution < -0.4 is 0 Å². The Morgan fingerprint density at radius 3 is 2.41 bits per heavy atom. The molecule has 98 valence electrons. The quantitative estimate of drug-likeness (QED) is 0.281. The van der Waals surface area contributed by atoms with E-state index in [1.807, 2.05) is 5.92 Å². The minimum absolute atomic E-state index is 0.418. The van der Waals surface area contributed by atoms with Crippen molar-refractivity contribution < 1.29 is 14.0 Å². The maximum Gasteiger partial charge on any atom is 0.384 e. The van der Waals surface area contributed by atoms with Crippen LogP contribution in [-0.2, 0) is 9.53 Å². The second-order valence-corrected chi connectivity index (χ2v) is 4.52. The van der Waals surface area contributed by atoms with E-state index in [4.69, 9.17) is 11.2 Å². The molecule has 17 heavy (non-hydrogen) atoms. The van der Waals surface area contributed by atoms with Crippen molar-refractivity contribution in [3.05, 3.63) is 0 Å². The first-order valence-electron chi connectivity index (χ1n) is 6.55. The smallest absolute Gasteiger partial charge is 0.384 e. The van der Waals surface area contributed by atoms with Gasteiger partial charge in [-0.15, -0.1) is 6.42 Å². The fourth-order valence-electron chi connectivity index (χ4n) is 2.37. The number of nitrogens with zero attached hydrogens (tertiary/aromatic N) is 1. The summed E-state index contributed by atoms with van der Waals surface area (Å²) in [5, 5.41) is 0. The van der Waals surface area contributed by atoms with Crippen molar-refractivity contribution in [3.63, 3.8) is 0 Å². The molecule has 2 unspecified atom stereocenters. The van der Waals surface area contributed by atoms with E-state index in [-0.39, 0.29) is 0 Å². The number of carbonyl (C=O) groups is 1. The van der Waals surface area contributed by atoms with Crippen LogP contribution in [0, 0.1) is 12.3 Å². The van der Waals surface area contributed by atoms with Crippen molar-refractivity contribution in [2.75, 3.05) is 26.2 Å². The largest absolute Gasteiger partial charge is 0.450 e. The van der Waals surface area contributed by atoms with Crippen molar-refractivity contribution in [2.24, 2.45) is 0 Å². The molecule has 0 saturated carbocycles. The summed E-state index contributed by atoms with van der Waals surface area (Å²) in [6, 6.07) is 0.587. The lowest BCUT2D eigenvalue weighted by Crippen LogP contribution is -2.56. The molecule has 0 heterocycles. The topological polar surface area (TPSA) is 26.3 Å². The van der Waals surface area contributed by atoms with Crippen LogP contribution in [0.2, 0.25) is 0 Å². The molecule has 0 saturated heterocycles. The molecule has 0 amide bonds. The average Bonchev–Trinajstić information content (AvgIpc) is 2.36. The lowest BCUT2D eigenvalue weighted by molar-refractivity contribution is -0.948. The van der Waals surface area contributed by atoms with E-state index < -0.39 is 5.97 Å². The molecule has 0 fully saturated rings. The van der Waals surface area contributed by atoms with Crippen molar-refractivity contribution in [3.8, 4) is 12.3 Å². The van der Waals surface area contributed by atoms with Gasteiger partial charge in [-0.25, -0.2) is 4.79 Å². The molecule has 0 aliphatic carbocycles. The van der Waals surface area contributed by atoms with Gasteiger partial charge in [-0.1, -0.05) is 13.8 Å². The number of hydrogen-bond acceptors (Lipinski definition) is 2. The lowest BCUT2D eigenvalue weighted by atomic mass is 10.1. The van der Waals surface area contributed by atoms with Crippen LogP contribution in [0.4, 0.5) is 0 Å². The highest BCUT2D eigenvalue weighted by molar-refractivity contribution is 5.87. The number of esters is 1. The van der Waals surface area contributed by atoms with E-state index in [2.05, 4.69) is 27.7 Å². The fraction of sp³-hybridized carbons (Fsp3) is 0.786. The molecule has 0 aliphatic rings. The van der Waals surface area contributed by atoms with Gasteiger partial charge in [-0.2, -0.15) is 0 Å². The van der Waals surface area contributed by atoms with E-state index in [1.54, 1.807) is 0 Å². The third kappa shape index (κ3) is 4.79. The van der Waals surface area contributed by atoms with Crippen molar-refractivity contribution in [1.29, 1.82) is 0 Å². The van der Waals surface area contributed by atoms with Crippen LogP contribution in [0.5, 0.6) is 0 Å². The second-order valence-electron chi connectivity index (χ2n) is 4.52. The number of hydrogen-bond donors (Lipinski definition) is 0. The summed E-state index contributed by atoms with van der Waals surface area (Å²) < 4.78 is 6.00. The molecule has 3 nitrogen and oxygen atoms in total. The number of carbonyl (C=O) groups excluding carboxylic acids is 1. The Kier molecular flexibility index (Phi) is 7.65. The van der Waals surface area contributed by atoms with Gasteiger partial charge in [0.25, 0.3) is 0 Å². The zero-order valence-corrected chi connectivity index (χ0v) is 11.7. The van der Waals surface area contributed by atoms with E-state index in [0.29, 0.717) is 12.6 Å². The maximum absolute atomic E-state index is 10.9. The summed E-state index contributed by atoms with van der Waals surface area (Å²) in [7, 11) is 0. The number of rotatable bonds is 8. The van der Waals surface area contributed by atoms with Gasteiger partial charge in [0, 0.05) is 5.92 Å². The molecule has 0 aromatic carbocycles. The van der Waals surface area contributed by atoms with Crippen LogP contribution in [0.15, 0.2) is 0 Å². The van der Waals surface area contributed by atoms with Gasteiger partial charge < -0.3 is 9.22 Å². The Bertz CT molecular complexity index is 270. The Hall–Kier alpha value is -1.01. The lowest BCUT2D eigenvalue weighted by Gasteiger charge is -2.42. The molecule has 0 N–H and O–H groups in total. The third-order valence-corrected chi connectivity index (χ3v) is 3.71. The van der Waals surface area contributed by atoms with E-state index in [0.717, 1.165) is 37.0 Å². The summed E-state index contributed by atoms with van der Waals surface area (Å²) in [5.41, 5.74) is 0. The van der Waals surface area contributed by atoms with Crippen molar-refractivity contribution >= 4 is 5.97 Å².